The number of benzene rings is 2. The zero-order valence-corrected chi connectivity index (χ0v) is 21.2. The molecule has 0 N–H and O–H groups in total. The smallest absolute Gasteiger partial charge is 0.399 e. The number of fused-ring (bicyclic) bond motifs is 2. The summed E-state index contributed by atoms with van der Waals surface area (Å²) in [7, 11) is 1.93. The predicted octanol–water partition coefficient (Wildman–Crippen LogP) is 5.30. The van der Waals surface area contributed by atoms with Crippen LogP contribution in [0.3, 0.4) is 0 Å². The van der Waals surface area contributed by atoms with Gasteiger partial charge in [-0.3, -0.25) is 0 Å². The molecule has 3 nitrogen and oxygen atoms in total. The number of hydrogen-bond donors (Lipinski definition) is 0. The van der Waals surface area contributed by atoms with Gasteiger partial charge in [-0.05, 0) is 107 Å². The summed E-state index contributed by atoms with van der Waals surface area (Å²) in [6.45, 7) is 10.6. The van der Waals surface area contributed by atoms with E-state index in [1.165, 1.54) is 41.3 Å². The molecule has 0 amide bonds. The minimum absolute atomic E-state index is 0.245. The third-order valence-corrected chi connectivity index (χ3v) is 7.76. The maximum absolute atomic E-state index is 6.13. The molecule has 0 atom stereocenters. The van der Waals surface area contributed by atoms with Crippen LogP contribution in [0.4, 0.5) is 0 Å². The number of rotatable bonds is 1. The van der Waals surface area contributed by atoms with E-state index in [1.807, 2.05) is 0 Å². The van der Waals surface area contributed by atoms with Gasteiger partial charge in [-0.15, -0.1) is 0 Å². The zero-order chi connectivity index (χ0) is 22.2. The normalized spacial score (nSPS) is 21.7. The highest BCUT2D eigenvalue weighted by Gasteiger charge is 2.51. The fraction of sp³-hybridized carbons (Fsp3) is 0.538. The topological polar surface area (TPSA) is 21.7 Å². The van der Waals surface area contributed by atoms with Crippen LogP contribution in [0.15, 0.2) is 40.9 Å². The first-order chi connectivity index (χ1) is 14.6. The lowest BCUT2D eigenvalue weighted by Crippen LogP contribution is -2.41. The zero-order valence-electron chi connectivity index (χ0n) is 19.6. The van der Waals surface area contributed by atoms with Crippen LogP contribution in [0.25, 0.3) is 0 Å². The molecule has 5 heteroatoms. The average molecular weight is 484 g/mol. The summed E-state index contributed by atoms with van der Waals surface area (Å²) in [4.78, 5) is 2.36. The molecule has 3 aliphatic rings. The van der Waals surface area contributed by atoms with E-state index in [4.69, 9.17) is 9.31 Å². The predicted molar refractivity (Wildman–Crippen MR) is 133 cm³/mol. The Labute approximate surface area is 196 Å². The van der Waals surface area contributed by atoms with Gasteiger partial charge in [-0.25, -0.2) is 0 Å². The molecule has 2 aliphatic heterocycles. The summed E-state index contributed by atoms with van der Waals surface area (Å²) >= 11 is 3.49. The first kappa shape index (κ1) is 23.0. The monoisotopic (exact) mass is 483 g/mol. The van der Waals surface area contributed by atoms with E-state index in [0.29, 0.717) is 0 Å². The maximum atomic E-state index is 6.13. The van der Waals surface area contributed by atoms with Crippen LogP contribution >= 0.6 is 15.9 Å². The highest BCUT2D eigenvalue weighted by Crippen LogP contribution is 2.36. The van der Waals surface area contributed by atoms with Crippen molar-refractivity contribution in [1.29, 1.82) is 0 Å². The van der Waals surface area contributed by atoms with Gasteiger partial charge in [-0.2, -0.15) is 0 Å². The summed E-state index contributed by atoms with van der Waals surface area (Å²) in [5.74, 6) is 0. The van der Waals surface area contributed by atoms with Crippen LogP contribution in [-0.4, -0.2) is 36.8 Å². The summed E-state index contributed by atoms with van der Waals surface area (Å²) in [6, 6.07) is 13.3. The third-order valence-electron chi connectivity index (χ3n) is 7.27. The summed E-state index contributed by atoms with van der Waals surface area (Å²) < 4.78 is 13.5. The molecule has 2 aromatic carbocycles. The lowest BCUT2D eigenvalue weighted by molar-refractivity contribution is 0.00578. The molecule has 0 unspecified atom stereocenters. The first-order valence-electron chi connectivity index (χ1n) is 11.6. The molecule has 0 radical (unpaired) electrons. The number of likely N-dealkylation sites (N-methyl/N-ethyl adjacent to an activating group) is 1. The molecule has 5 rings (SSSR count). The number of hydrogen-bond acceptors (Lipinski definition) is 3. The molecule has 2 aromatic rings. The van der Waals surface area contributed by atoms with Crippen molar-refractivity contribution in [2.24, 2.45) is 0 Å². The second kappa shape index (κ2) is 9.01. The van der Waals surface area contributed by atoms with Crippen LogP contribution < -0.4 is 5.46 Å². The van der Waals surface area contributed by atoms with Gasteiger partial charge in [0.25, 0.3) is 0 Å². The highest BCUT2D eigenvalue weighted by atomic mass is 79.9. The molecule has 2 heterocycles. The van der Waals surface area contributed by atoms with Gasteiger partial charge in [-0.1, -0.05) is 40.2 Å². The van der Waals surface area contributed by atoms with Crippen molar-refractivity contribution < 1.29 is 9.31 Å². The van der Waals surface area contributed by atoms with Crippen LogP contribution in [0.5, 0.6) is 0 Å². The van der Waals surface area contributed by atoms with Crippen molar-refractivity contribution in [3.63, 3.8) is 0 Å². The van der Waals surface area contributed by atoms with E-state index in [2.05, 4.69) is 92.0 Å². The number of nitrogens with zero attached hydrogens (tertiary/aromatic N) is 1. The van der Waals surface area contributed by atoms with Gasteiger partial charge in [0.05, 0.1) is 11.2 Å². The van der Waals surface area contributed by atoms with Gasteiger partial charge in [0.15, 0.2) is 0 Å². The Morgan fingerprint density at radius 3 is 2.13 bits per heavy atom. The molecule has 0 saturated carbocycles. The SMILES string of the molecule is Brc1ccc2c(c1)CCCC2.CN1CCc2cc(B3OC(C)(C)C(C)(C)O3)ccc2C1. The molecule has 0 spiro atoms. The van der Waals surface area contributed by atoms with E-state index in [-0.39, 0.29) is 18.3 Å². The molecular weight excluding hydrogens is 449 g/mol. The van der Waals surface area contributed by atoms with Crippen molar-refractivity contribution in [2.45, 2.75) is 77.5 Å². The minimum Gasteiger partial charge on any atom is -0.399 e. The van der Waals surface area contributed by atoms with E-state index in [9.17, 15) is 0 Å². The van der Waals surface area contributed by atoms with E-state index >= 15 is 0 Å². The Bertz CT molecular complexity index is 927. The van der Waals surface area contributed by atoms with E-state index in [1.54, 1.807) is 11.1 Å². The second-order valence-corrected chi connectivity index (χ2v) is 11.1. The largest absolute Gasteiger partial charge is 0.494 e. The van der Waals surface area contributed by atoms with Gasteiger partial charge in [0.2, 0.25) is 0 Å². The highest BCUT2D eigenvalue weighted by molar-refractivity contribution is 9.10. The van der Waals surface area contributed by atoms with Crippen LogP contribution in [-0.2, 0) is 35.1 Å². The standard InChI is InChI=1S/C16H24BNO2.C10H11Br/c1-15(2)16(3,4)20-17(19-15)14-7-6-13-11-18(5)9-8-12(13)10-14;11-10-6-5-8-3-1-2-4-9(8)7-10/h6-7,10H,8-9,11H2,1-5H3;5-7H,1-4H2. The molecule has 31 heavy (non-hydrogen) atoms. The van der Waals surface area contributed by atoms with Crippen molar-refractivity contribution in [3.8, 4) is 0 Å². The average Bonchev–Trinajstić information content (AvgIpc) is 2.95. The third kappa shape index (κ3) is 5.11. The molecular formula is C26H35BBrNO2. The van der Waals surface area contributed by atoms with E-state index < -0.39 is 0 Å². The van der Waals surface area contributed by atoms with Gasteiger partial charge < -0.3 is 14.2 Å². The summed E-state index contributed by atoms with van der Waals surface area (Å²) in [6.07, 6.45) is 6.40. The molecule has 0 bridgehead atoms. The van der Waals surface area contributed by atoms with Crippen molar-refractivity contribution in [2.75, 3.05) is 13.6 Å². The van der Waals surface area contributed by atoms with Gasteiger partial charge >= 0.3 is 7.12 Å². The van der Waals surface area contributed by atoms with Crippen molar-refractivity contribution >= 4 is 28.5 Å². The Hall–Kier alpha value is -1.14. The fourth-order valence-electron chi connectivity index (χ4n) is 4.54. The van der Waals surface area contributed by atoms with Crippen LogP contribution in [0.1, 0.15) is 62.8 Å². The lowest BCUT2D eigenvalue weighted by Gasteiger charge is -2.32. The molecule has 0 aromatic heterocycles. The number of aryl methyl sites for hydroxylation is 2. The molecule has 1 saturated heterocycles. The first-order valence-corrected chi connectivity index (χ1v) is 12.4. The van der Waals surface area contributed by atoms with Crippen LogP contribution in [0, 0.1) is 0 Å². The molecule has 166 valence electrons. The van der Waals surface area contributed by atoms with E-state index in [0.717, 1.165) is 25.0 Å². The lowest BCUT2D eigenvalue weighted by atomic mass is 9.77. The van der Waals surface area contributed by atoms with Crippen molar-refractivity contribution in [1.82, 2.24) is 4.90 Å². The maximum Gasteiger partial charge on any atom is 0.494 e. The summed E-state index contributed by atoms with van der Waals surface area (Å²) in [5, 5.41) is 0. The minimum atomic E-state index is -0.270. The number of halogens is 1. The second-order valence-electron chi connectivity index (χ2n) is 10.2. The Morgan fingerprint density at radius 2 is 1.42 bits per heavy atom. The fourth-order valence-corrected chi connectivity index (χ4v) is 4.95. The van der Waals surface area contributed by atoms with Gasteiger partial charge in [0, 0.05) is 17.6 Å². The Morgan fingerprint density at radius 1 is 0.806 bits per heavy atom. The molecule has 1 fully saturated rings. The Balaban J connectivity index is 0.000000177. The molecule has 1 aliphatic carbocycles. The summed E-state index contributed by atoms with van der Waals surface area (Å²) in [5.41, 5.74) is 6.58. The Kier molecular flexibility index (Phi) is 6.70. The quantitative estimate of drug-likeness (QED) is 0.513. The van der Waals surface area contributed by atoms with Crippen molar-refractivity contribution in [3.05, 3.63) is 63.1 Å². The van der Waals surface area contributed by atoms with Gasteiger partial charge in [0.1, 0.15) is 0 Å². The van der Waals surface area contributed by atoms with Crippen LogP contribution in [0.2, 0.25) is 0 Å².